The van der Waals surface area contributed by atoms with Crippen molar-refractivity contribution in [3.05, 3.63) is 80.7 Å². The van der Waals surface area contributed by atoms with E-state index in [4.69, 9.17) is 0 Å². The maximum atomic E-state index is 12.6. The van der Waals surface area contributed by atoms with Crippen molar-refractivity contribution in [1.29, 1.82) is 0 Å². The molecule has 0 saturated carbocycles. The molecule has 28 heavy (non-hydrogen) atoms. The Kier molecular flexibility index (Phi) is 6.15. The minimum atomic E-state index is -0.156. The van der Waals surface area contributed by atoms with Gasteiger partial charge in [-0.25, -0.2) is 4.68 Å². The molecule has 0 aliphatic carbocycles. The van der Waals surface area contributed by atoms with E-state index in [1.807, 2.05) is 65.4 Å². The summed E-state index contributed by atoms with van der Waals surface area (Å²) in [6.07, 6.45) is 0. The molecule has 3 heterocycles. The molecule has 0 radical (unpaired) electrons. The van der Waals surface area contributed by atoms with E-state index in [2.05, 4.69) is 20.8 Å². The van der Waals surface area contributed by atoms with Crippen molar-refractivity contribution in [3.8, 4) is 0 Å². The normalized spacial score (nSPS) is 12.0. The van der Waals surface area contributed by atoms with Gasteiger partial charge in [-0.3, -0.25) is 4.79 Å². The molecule has 9 heteroatoms. The van der Waals surface area contributed by atoms with Crippen molar-refractivity contribution in [2.75, 3.05) is 5.75 Å². The van der Waals surface area contributed by atoms with Gasteiger partial charge in [0.25, 0.3) is 0 Å². The quantitative estimate of drug-likeness (QED) is 0.433. The molecule has 3 aromatic heterocycles. The highest BCUT2D eigenvalue weighted by Gasteiger charge is 2.18. The summed E-state index contributed by atoms with van der Waals surface area (Å²) in [5, 5.41) is 19.6. The van der Waals surface area contributed by atoms with Crippen LogP contribution in [-0.4, -0.2) is 31.9 Å². The molecule has 0 unspecified atom stereocenters. The third kappa shape index (κ3) is 4.67. The molecular formula is C19H17N5OS3. The predicted octanol–water partition coefficient (Wildman–Crippen LogP) is 3.84. The number of nitrogens with zero attached hydrogens (tertiary/aromatic N) is 4. The summed E-state index contributed by atoms with van der Waals surface area (Å²) >= 11 is 4.63. The van der Waals surface area contributed by atoms with Crippen molar-refractivity contribution in [1.82, 2.24) is 25.5 Å². The van der Waals surface area contributed by atoms with Gasteiger partial charge in [0.05, 0.1) is 18.3 Å². The van der Waals surface area contributed by atoms with Gasteiger partial charge in [0.2, 0.25) is 11.1 Å². The van der Waals surface area contributed by atoms with Crippen molar-refractivity contribution in [2.24, 2.45) is 0 Å². The zero-order chi connectivity index (χ0) is 19.2. The van der Waals surface area contributed by atoms with Crippen LogP contribution >= 0.6 is 34.4 Å². The first-order chi connectivity index (χ1) is 13.8. The van der Waals surface area contributed by atoms with Crippen LogP contribution in [0.2, 0.25) is 0 Å². The molecule has 1 amide bonds. The van der Waals surface area contributed by atoms with E-state index in [9.17, 15) is 4.79 Å². The van der Waals surface area contributed by atoms with Gasteiger partial charge in [0.15, 0.2) is 0 Å². The van der Waals surface area contributed by atoms with Crippen LogP contribution in [0.3, 0.4) is 0 Å². The first kappa shape index (κ1) is 18.9. The lowest BCUT2D eigenvalue weighted by Gasteiger charge is -2.18. The number of thioether (sulfide) groups is 1. The molecule has 0 spiro atoms. The van der Waals surface area contributed by atoms with Crippen LogP contribution in [0, 0.1) is 0 Å². The molecule has 1 N–H and O–H groups in total. The Balaban J connectivity index is 1.40. The van der Waals surface area contributed by atoms with Crippen LogP contribution < -0.4 is 5.32 Å². The average molecular weight is 428 g/mol. The molecule has 0 bridgehead atoms. The van der Waals surface area contributed by atoms with Crippen LogP contribution in [0.4, 0.5) is 0 Å². The molecule has 4 rings (SSSR count). The molecule has 1 atom stereocenters. The van der Waals surface area contributed by atoms with Crippen LogP contribution in [0.15, 0.2) is 70.5 Å². The van der Waals surface area contributed by atoms with Gasteiger partial charge in [0, 0.05) is 9.75 Å². The van der Waals surface area contributed by atoms with Gasteiger partial charge in [-0.1, -0.05) is 54.2 Å². The monoisotopic (exact) mass is 427 g/mol. The lowest BCUT2D eigenvalue weighted by atomic mass is 10.1. The van der Waals surface area contributed by atoms with Crippen molar-refractivity contribution < 1.29 is 4.79 Å². The lowest BCUT2D eigenvalue weighted by molar-refractivity contribution is -0.119. The minimum Gasteiger partial charge on any atom is -0.344 e. The van der Waals surface area contributed by atoms with Crippen LogP contribution in [-0.2, 0) is 11.3 Å². The smallest absolute Gasteiger partial charge is 0.231 e. The fraction of sp³-hybridized carbons (Fsp3) is 0.158. The zero-order valence-corrected chi connectivity index (χ0v) is 17.2. The number of amides is 1. The molecule has 1 aromatic carbocycles. The SMILES string of the molecule is O=C(CSc1nnnn1Cc1cccs1)N[C@@H](c1ccccc1)c1cccs1. The van der Waals surface area contributed by atoms with Gasteiger partial charge < -0.3 is 5.32 Å². The number of rotatable bonds is 8. The third-order valence-corrected chi connectivity index (χ3v) is 6.74. The maximum absolute atomic E-state index is 12.6. The highest BCUT2D eigenvalue weighted by molar-refractivity contribution is 7.99. The fourth-order valence-corrected chi connectivity index (χ4v) is 4.88. The molecule has 0 aliphatic rings. The predicted molar refractivity (Wildman–Crippen MR) is 113 cm³/mol. The molecule has 0 saturated heterocycles. The van der Waals surface area contributed by atoms with E-state index in [0.717, 1.165) is 10.4 Å². The summed E-state index contributed by atoms with van der Waals surface area (Å²) in [4.78, 5) is 14.9. The second-order valence-corrected chi connectivity index (χ2v) is 8.87. The number of tetrazole rings is 1. The number of thiophene rings is 2. The van der Waals surface area contributed by atoms with Crippen LogP contribution in [0.5, 0.6) is 0 Å². The molecule has 0 aliphatic heterocycles. The van der Waals surface area contributed by atoms with E-state index >= 15 is 0 Å². The topological polar surface area (TPSA) is 72.7 Å². The number of carbonyl (C=O) groups is 1. The Hall–Kier alpha value is -2.49. The first-order valence-electron chi connectivity index (χ1n) is 8.58. The fourth-order valence-electron chi connectivity index (χ4n) is 2.70. The molecular weight excluding hydrogens is 410 g/mol. The van der Waals surface area contributed by atoms with Crippen molar-refractivity contribution in [2.45, 2.75) is 17.7 Å². The number of carbonyl (C=O) groups excluding carboxylic acids is 1. The van der Waals surface area contributed by atoms with Gasteiger partial charge in [-0.05, 0) is 38.9 Å². The number of benzene rings is 1. The highest BCUT2D eigenvalue weighted by atomic mass is 32.2. The maximum Gasteiger partial charge on any atom is 0.231 e. The first-order valence-corrected chi connectivity index (χ1v) is 11.3. The number of hydrogen-bond donors (Lipinski definition) is 1. The molecule has 4 aromatic rings. The second-order valence-electron chi connectivity index (χ2n) is 5.91. The molecule has 6 nitrogen and oxygen atoms in total. The lowest BCUT2D eigenvalue weighted by Crippen LogP contribution is -2.30. The molecule has 0 fully saturated rings. The summed E-state index contributed by atoms with van der Waals surface area (Å²) in [6, 6.07) is 17.9. The van der Waals surface area contributed by atoms with Gasteiger partial charge in [0.1, 0.15) is 0 Å². The van der Waals surface area contributed by atoms with Crippen molar-refractivity contribution >= 4 is 40.3 Å². The number of nitrogens with one attached hydrogen (secondary N) is 1. The van der Waals surface area contributed by atoms with E-state index in [1.165, 1.54) is 16.6 Å². The largest absolute Gasteiger partial charge is 0.344 e. The average Bonchev–Trinajstić information content (AvgIpc) is 3.49. The summed E-state index contributed by atoms with van der Waals surface area (Å²) in [7, 11) is 0. The second kappa shape index (κ2) is 9.13. The summed E-state index contributed by atoms with van der Waals surface area (Å²) < 4.78 is 1.72. The highest BCUT2D eigenvalue weighted by Crippen LogP contribution is 2.26. The Morgan fingerprint density at radius 3 is 2.64 bits per heavy atom. The minimum absolute atomic E-state index is 0.0575. The van der Waals surface area contributed by atoms with Crippen molar-refractivity contribution in [3.63, 3.8) is 0 Å². The third-order valence-electron chi connectivity index (χ3n) is 3.98. The van der Waals surface area contributed by atoms with Gasteiger partial charge in [-0.15, -0.1) is 27.8 Å². The Bertz CT molecular complexity index is 1000. The van der Waals surface area contributed by atoms with Crippen LogP contribution in [0.1, 0.15) is 21.4 Å². The van der Waals surface area contributed by atoms with Gasteiger partial charge >= 0.3 is 0 Å². The van der Waals surface area contributed by atoms with E-state index in [1.54, 1.807) is 27.4 Å². The summed E-state index contributed by atoms with van der Waals surface area (Å²) in [5.41, 5.74) is 1.06. The summed E-state index contributed by atoms with van der Waals surface area (Å²) in [6.45, 7) is 0.608. The Labute approximate surface area is 174 Å². The van der Waals surface area contributed by atoms with Gasteiger partial charge in [-0.2, -0.15) is 0 Å². The zero-order valence-electron chi connectivity index (χ0n) is 14.8. The standard InChI is InChI=1S/C19H17N5OS3/c25-17(13-28-19-21-22-23-24(19)12-15-8-4-10-26-15)20-18(16-9-5-11-27-16)14-6-2-1-3-7-14/h1-11,18H,12-13H2,(H,20,25)/t18-/m0/s1. The number of aromatic nitrogens is 4. The Morgan fingerprint density at radius 2 is 1.89 bits per heavy atom. The number of hydrogen-bond acceptors (Lipinski definition) is 7. The van der Waals surface area contributed by atoms with E-state index < -0.39 is 0 Å². The molecule has 142 valence electrons. The van der Waals surface area contributed by atoms with E-state index in [0.29, 0.717) is 11.7 Å². The van der Waals surface area contributed by atoms with Crippen LogP contribution in [0.25, 0.3) is 0 Å². The summed E-state index contributed by atoms with van der Waals surface area (Å²) in [5.74, 6) is 0.192. The van der Waals surface area contributed by atoms with E-state index in [-0.39, 0.29) is 17.7 Å². The Morgan fingerprint density at radius 1 is 1.07 bits per heavy atom.